The standard InChI is InChI=1S/C17H15ClF3N5O/c1-26(2)7-13-23-15-9(6-12(20)14(21)16(15)24-13)17(25-27)22-8-3-4-11(19)10(18)5-8/h3-6,9,27H,7H2,1-2H3,(H,22,25). The number of hydrogen-bond acceptors (Lipinski definition) is 5. The summed E-state index contributed by atoms with van der Waals surface area (Å²) in [5.74, 6) is -3.74. The van der Waals surface area contributed by atoms with Gasteiger partial charge in [-0.05, 0) is 38.4 Å². The fraction of sp³-hybridized carbons (Fsp3) is 0.235. The van der Waals surface area contributed by atoms with E-state index in [0.717, 1.165) is 12.1 Å². The van der Waals surface area contributed by atoms with Crippen molar-refractivity contribution in [1.82, 2.24) is 4.90 Å². The summed E-state index contributed by atoms with van der Waals surface area (Å²) < 4.78 is 41.5. The van der Waals surface area contributed by atoms with Gasteiger partial charge in [0.1, 0.15) is 17.3 Å². The number of likely N-dealkylation sites (N-methyl/N-ethyl adjacent to an activating group) is 1. The summed E-state index contributed by atoms with van der Waals surface area (Å²) in [4.78, 5) is 10.1. The minimum atomic E-state index is -1.14. The number of nitrogens with one attached hydrogen (secondary N) is 1. The van der Waals surface area contributed by atoms with Gasteiger partial charge < -0.3 is 15.4 Å². The third-order valence-electron chi connectivity index (χ3n) is 3.81. The van der Waals surface area contributed by atoms with Crippen molar-refractivity contribution in [1.29, 1.82) is 0 Å². The number of anilines is 1. The molecule has 0 radical (unpaired) electrons. The van der Waals surface area contributed by atoms with Crippen molar-refractivity contribution in [3.63, 3.8) is 0 Å². The molecule has 0 saturated heterocycles. The van der Waals surface area contributed by atoms with Crippen molar-refractivity contribution in [3.8, 4) is 0 Å². The van der Waals surface area contributed by atoms with E-state index in [0.29, 0.717) is 18.1 Å². The highest BCUT2D eigenvalue weighted by atomic mass is 35.5. The molecule has 1 atom stereocenters. The van der Waals surface area contributed by atoms with Gasteiger partial charge in [0, 0.05) is 5.69 Å². The highest BCUT2D eigenvalue weighted by Crippen LogP contribution is 2.34. The molecule has 1 heterocycles. The summed E-state index contributed by atoms with van der Waals surface area (Å²) in [6, 6.07) is 3.75. The highest BCUT2D eigenvalue weighted by Gasteiger charge is 2.36. The highest BCUT2D eigenvalue weighted by molar-refractivity contribution is 6.31. The maximum Gasteiger partial charge on any atom is 0.186 e. The average molecular weight is 398 g/mol. The van der Waals surface area contributed by atoms with E-state index in [1.807, 2.05) is 0 Å². The molecule has 0 spiro atoms. The Morgan fingerprint density at radius 2 is 2.04 bits per heavy atom. The number of halogens is 4. The number of fused-ring (bicyclic) bond motifs is 1. The summed E-state index contributed by atoms with van der Waals surface area (Å²) in [7, 11) is 3.57. The number of benzene rings is 1. The molecule has 0 amide bonds. The van der Waals surface area contributed by atoms with Crippen LogP contribution in [0.2, 0.25) is 5.02 Å². The van der Waals surface area contributed by atoms with Crippen molar-refractivity contribution < 1.29 is 18.4 Å². The zero-order valence-electron chi connectivity index (χ0n) is 14.3. The average Bonchev–Trinajstić information content (AvgIpc) is 3.02. The number of nitrogens with zero attached hydrogens (tertiary/aromatic N) is 4. The number of allylic oxidation sites excluding steroid dienone is 3. The lowest BCUT2D eigenvalue weighted by atomic mass is 9.93. The Labute approximate surface area is 158 Å². The summed E-state index contributed by atoms with van der Waals surface area (Å²) in [6.07, 6.45) is 0.930. The van der Waals surface area contributed by atoms with Gasteiger partial charge in [0.15, 0.2) is 17.5 Å². The molecule has 0 aromatic heterocycles. The zero-order chi connectivity index (χ0) is 19.7. The first-order valence-electron chi connectivity index (χ1n) is 7.83. The van der Waals surface area contributed by atoms with Crippen LogP contribution in [-0.4, -0.2) is 48.1 Å². The van der Waals surface area contributed by atoms with Gasteiger partial charge in [-0.2, -0.15) is 0 Å². The third kappa shape index (κ3) is 3.88. The van der Waals surface area contributed by atoms with E-state index in [1.165, 1.54) is 12.1 Å². The van der Waals surface area contributed by atoms with Gasteiger partial charge in [-0.25, -0.2) is 23.2 Å². The molecule has 0 saturated carbocycles. The van der Waals surface area contributed by atoms with Gasteiger partial charge in [0.2, 0.25) is 0 Å². The molecular weight excluding hydrogens is 383 g/mol. The van der Waals surface area contributed by atoms with Crippen LogP contribution in [0.4, 0.5) is 18.9 Å². The number of oxime groups is 1. The Morgan fingerprint density at radius 1 is 1.30 bits per heavy atom. The van der Waals surface area contributed by atoms with Crippen LogP contribution in [0.15, 0.2) is 56.8 Å². The predicted molar refractivity (Wildman–Crippen MR) is 98.5 cm³/mol. The maximum absolute atomic E-state index is 14.2. The first-order chi connectivity index (χ1) is 12.8. The third-order valence-corrected chi connectivity index (χ3v) is 4.10. The number of aliphatic imine (C=N–C) groups is 2. The van der Waals surface area contributed by atoms with E-state index in [1.54, 1.807) is 19.0 Å². The second-order valence-electron chi connectivity index (χ2n) is 6.16. The van der Waals surface area contributed by atoms with E-state index >= 15 is 0 Å². The van der Waals surface area contributed by atoms with Gasteiger partial charge in [0.25, 0.3) is 0 Å². The molecule has 1 aromatic rings. The minimum absolute atomic E-state index is 0.110. The van der Waals surface area contributed by atoms with Crippen LogP contribution in [-0.2, 0) is 0 Å². The van der Waals surface area contributed by atoms with Crippen molar-refractivity contribution in [2.75, 3.05) is 26.0 Å². The van der Waals surface area contributed by atoms with Crippen LogP contribution in [0.25, 0.3) is 0 Å². The van der Waals surface area contributed by atoms with Crippen molar-refractivity contribution in [2.45, 2.75) is 0 Å². The lowest BCUT2D eigenvalue weighted by molar-refractivity contribution is 0.317. The Hall–Kier alpha value is -2.65. The maximum atomic E-state index is 14.2. The molecule has 0 bridgehead atoms. The minimum Gasteiger partial charge on any atom is -0.409 e. The Kier molecular flexibility index (Phi) is 5.33. The van der Waals surface area contributed by atoms with Gasteiger partial charge in [-0.3, -0.25) is 0 Å². The SMILES string of the molecule is CN(C)CC1=NC2=C(F)C(F)=CC(/C(=N/O)Nc3ccc(F)c(Cl)c3)C2=N1. The molecule has 2 N–H and O–H groups in total. The lowest BCUT2D eigenvalue weighted by Crippen LogP contribution is -2.31. The lowest BCUT2D eigenvalue weighted by Gasteiger charge is -2.20. The van der Waals surface area contributed by atoms with E-state index < -0.39 is 23.4 Å². The van der Waals surface area contributed by atoms with Crippen LogP contribution >= 0.6 is 11.6 Å². The van der Waals surface area contributed by atoms with Gasteiger partial charge in [0.05, 0.1) is 23.2 Å². The molecule has 142 valence electrons. The topological polar surface area (TPSA) is 72.6 Å². The first kappa shape index (κ1) is 19.1. The van der Waals surface area contributed by atoms with Crippen LogP contribution < -0.4 is 5.32 Å². The van der Waals surface area contributed by atoms with Crippen LogP contribution in [0.3, 0.4) is 0 Å². The van der Waals surface area contributed by atoms with E-state index in [-0.39, 0.29) is 22.3 Å². The second kappa shape index (κ2) is 7.53. The molecule has 27 heavy (non-hydrogen) atoms. The van der Waals surface area contributed by atoms with Gasteiger partial charge in [-0.15, -0.1) is 0 Å². The molecule has 1 unspecified atom stereocenters. The van der Waals surface area contributed by atoms with E-state index in [9.17, 15) is 18.4 Å². The second-order valence-corrected chi connectivity index (χ2v) is 6.56. The number of rotatable bonds is 4. The monoisotopic (exact) mass is 397 g/mol. The summed E-state index contributed by atoms with van der Waals surface area (Å²) in [6.45, 7) is 0.321. The predicted octanol–water partition coefficient (Wildman–Crippen LogP) is 3.76. The molecule has 1 aliphatic heterocycles. The number of amidine groups is 2. The van der Waals surface area contributed by atoms with Crippen molar-refractivity contribution in [3.05, 3.63) is 52.5 Å². The quantitative estimate of drug-likeness (QED) is 0.352. The molecule has 1 aromatic carbocycles. The molecule has 0 fully saturated rings. The van der Waals surface area contributed by atoms with Crippen molar-refractivity contribution in [2.24, 2.45) is 21.1 Å². The van der Waals surface area contributed by atoms with Crippen LogP contribution in [0, 0.1) is 11.7 Å². The fourth-order valence-corrected chi connectivity index (χ4v) is 2.82. The fourth-order valence-electron chi connectivity index (χ4n) is 2.64. The Morgan fingerprint density at radius 3 is 2.67 bits per heavy atom. The molecule has 1 aliphatic carbocycles. The smallest absolute Gasteiger partial charge is 0.186 e. The summed E-state index contributed by atoms with van der Waals surface area (Å²) >= 11 is 5.73. The molecule has 10 heteroatoms. The first-order valence-corrected chi connectivity index (χ1v) is 8.20. The van der Waals surface area contributed by atoms with Gasteiger partial charge in [-0.1, -0.05) is 16.8 Å². The Bertz CT molecular complexity index is 936. The summed E-state index contributed by atoms with van der Waals surface area (Å²) in [5, 5.41) is 15.1. The molecule has 6 nitrogen and oxygen atoms in total. The van der Waals surface area contributed by atoms with E-state index in [4.69, 9.17) is 11.6 Å². The summed E-state index contributed by atoms with van der Waals surface area (Å²) in [5.41, 5.74) is 0.170. The number of hydrogen-bond donors (Lipinski definition) is 2. The normalized spacial score (nSPS) is 19.7. The van der Waals surface area contributed by atoms with Crippen LogP contribution in [0.1, 0.15) is 0 Å². The van der Waals surface area contributed by atoms with Crippen molar-refractivity contribution >= 4 is 34.7 Å². The largest absolute Gasteiger partial charge is 0.409 e. The van der Waals surface area contributed by atoms with Crippen LogP contribution in [0.5, 0.6) is 0 Å². The molecule has 2 aliphatic rings. The van der Waals surface area contributed by atoms with Gasteiger partial charge >= 0.3 is 0 Å². The zero-order valence-corrected chi connectivity index (χ0v) is 15.1. The molecule has 3 rings (SSSR count). The Balaban J connectivity index is 1.93. The van der Waals surface area contributed by atoms with E-state index in [2.05, 4.69) is 20.5 Å². The molecular formula is C17H15ClF3N5O.